The molecule has 0 bridgehead atoms. The molecule has 3 atom stereocenters. The molecular formula is C26H40O2. The fourth-order valence-corrected chi connectivity index (χ4v) is 2.34. The summed E-state index contributed by atoms with van der Waals surface area (Å²) in [6, 6.07) is 18.1. The van der Waals surface area contributed by atoms with Gasteiger partial charge in [-0.05, 0) is 61.3 Å². The molecule has 2 aromatic rings. The van der Waals surface area contributed by atoms with E-state index in [0.29, 0.717) is 23.4 Å². The third-order valence-corrected chi connectivity index (χ3v) is 5.36. The normalized spacial score (nSPS) is 13.1. The van der Waals surface area contributed by atoms with Crippen molar-refractivity contribution in [1.29, 1.82) is 0 Å². The minimum atomic E-state index is 0.264. The van der Waals surface area contributed by atoms with Gasteiger partial charge in [0.25, 0.3) is 0 Å². The van der Waals surface area contributed by atoms with Crippen LogP contribution in [0.1, 0.15) is 90.7 Å². The zero-order valence-electron chi connectivity index (χ0n) is 18.9. The molecule has 0 heterocycles. The molecular weight excluding hydrogens is 344 g/mol. The molecule has 2 heteroatoms. The van der Waals surface area contributed by atoms with E-state index in [1.807, 2.05) is 26.0 Å². The SMILES string of the molecule is CCC(C)C(C)=O.CCC(C)c1ccc(O)cc1.CCC(C)c1ccccc1. The Kier molecular flexibility index (Phi) is 13.8. The van der Waals surface area contributed by atoms with Crippen LogP contribution in [-0.4, -0.2) is 10.9 Å². The number of benzene rings is 2. The van der Waals surface area contributed by atoms with Crippen LogP contribution < -0.4 is 0 Å². The van der Waals surface area contributed by atoms with Gasteiger partial charge in [-0.3, -0.25) is 4.79 Å². The summed E-state index contributed by atoms with van der Waals surface area (Å²) in [4.78, 5) is 10.4. The van der Waals surface area contributed by atoms with Crippen LogP contribution in [0.5, 0.6) is 5.75 Å². The van der Waals surface area contributed by atoms with E-state index >= 15 is 0 Å². The molecule has 2 nitrogen and oxygen atoms in total. The maximum absolute atomic E-state index is 10.4. The number of carbonyl (C=O) groups excluding carboxylic acids is 1. The number of phenolic OH excluding ortho intramolecular Hbond substituents is 1. The van der Waals surface area contributed by atoms with Crippen LogP contribution in [-0.2, 0) is 4.79 Å². The number of hydrogen-bond donors (Lipinski definition) is 1. The van der Waals surface area contributed by atoms with Gasteiger partial charge in [0, 0.05) is 5.92 Å². The molecule has 2 rings (SSSR count). The average molecular weight is 385 g/mol. The zero-order chi connectivity index (χ0) is 21.5. The van der Waals surface area contributed by atoms with Crippen LogP contribution >= 0.6 is 0 Å². The molecule has 0 radical (unpaired) electrons. The summed E-state index contributed by atoms with van der Waals surface area (Å²) in [5.41, 5.74) is 2.75. The molecule has 0 aliphatic heterocycles. The highest BCUT2D eigenvalue weighted by atomic mass is 16.3. The van der Waals surface area contributed by atoms with E-state index in [9.17, 15) is 4.79 Å². The first-order chi connectivity index (χ1) is 13.3. The predicted molar refractivity (Wildman–Crippen MR) is 122 cm³/mol. The van der Waals surface area contributed by atoms with E-state index in [1.54, 1.807) is 19.1 Å². The maximum Gasteiger partial charge on any atom is 0.132 e. The largest absolute Gasteiger partial charge is 0.508 e. The predicted octanol–water partition coefficient (Wildman–Crippen LogP) is 7.73. The van der Waals surface area contributed by atoms with Gasteiger partial charge < -0.3 is 5.11 Å². The summed E-state index contributed by atoms with van der Waals surface area (Å²) in [5.74, 6) is 2.20. The lowest BCUT2D eigenvalue weighted by Gasteiger charge is -2.07. The van der Waals surface area contributed by atoms with E-state index in [2.05, 4.69) is 58.0 Å². The number of phenols is 1. The molecule has 0 amide bonds. The Morgan fingerprint density at radius 1 is 0.750 bits per heavy atom. The molecule has 2 aromatic carbocycles. The van der Waals surface area contributed by atoms with Crippen LogP contribution in [0, 0.1) is 5.92 Å². The first-order valence-corrected chi connectivity index (χ1v) is 10.6. The maximum atomic E-state index is 10.4. The highest BCUT2D eigenvalue weighted by Gasteiger charge is 2.02. The number of Topliss-reactive ketones (excluding diaryl/α,β-unsaturated/α-hetero) is 1. The van der Waals surface area contributed by atoms with Crippen molar-refractivity contribution in [2.75, 3.05) is 0 Å². The van der Waals surface area contributed by atoms with Gasteiger partial charge in [-0.1, -0.05) is 84.0 Å². The van der Waals surface area contributed by atoms with Gasteiger partial charge in [-0.2, -0.15) is 0 Å². The number of carbonyl (C=O) groups is 1. The highest BCUT2D eigenvalue weighted by Crippen LogP contribution is 2.20. The van der Waals surface area contributed by atoms with Crippen LogP contribution in [0.4, 0.5) is 0 Å². The van der Waals surface area contributed by atoms with Gasteiger partial charge in [-0.25, -0.2) is 0 Å². The van der Waals surface area contributed by atoms with Crippen LogP contribution in [0.15, 0.2) is 54.6 Å². The fraction of sp³-hybridized carbons (Fsp3) is 0.500. The van der Waals surface area contributed by atoms with Crippen molar-refractivity contribution in [2.24, 2.45) is 5.92 Å². The molecule has 0 spiro atoms. The van der Waals surface area contributed by atoms with E-state index in [4.69, 9.17) is 5.11 Å². The lowest BCUT2D eigenvalue weighted by Crippen LogP contribution is -2.03. The third kappa shape index (κ3) is 10.9. The van der Waals surface area contributed by atoms with Gasteiger partial charge >= 0.3 is 0 Å². The Balaban J connectivity index is 0.000000402. The Morgan fingerprint density at radius 2 is 1.18 bits per heavy atom. The standard InChI is InChI=1S/C10H14O.C10H14.C6H12O/c1-3-8(2)9-4-6-10(11)7-5-9;1-3-9(2)10-7-5-4-6-8-10;1-4-5(2)6(3)7/h4-8,11H,3H2,1-2H3;4-9H,3H2,1-2H3;5H,4H2,1-3H3. The first-order valence-electron chi connectivity index (χ1n) is 10.6. The molecule has 156 valence electrons. The number of aromatic hydroxyl groups is 1. The minimum Gasteiger partial charge on any atom is -0.508 e. The molecule has 0 aliphatic carbocycles. The third-order valence-electron chi connectivity index (χ3n) is 5.36. The Hall–Kier alpha value is -2.09. The quantitative estimate of drug-likeness (QED) is 0.553. The molecule has 0 saturated heterocycles. The van der Waals surface area contributed by atoms with Crippen molar-refractivity contribution in [3.8, 4) is 5.75 Å². The van der Waals surface area contributed by atoms with Crippen molar-refractivity contribution in [2.45, 2.75) is 79.6 Å². The smallest absolute Gasteiger partial charge is 0.132 e. The van der Waals surface area contributed by atoms with Crippen LogP contribution in [0.2, 0.25) is 0 Å². The highest BCUT2D eigenvalue weighted by molar-refractivity contribution is 5.77. The van der Waals surface area contributed by atoms with Gasteiger partial charge in [0.15, 0.2) is 0 Å². The molecule has 28 heavy (non-hydrogen) atoms. The Morgan fingerprint density at radius 3 is 1.50 bits per heavy atom. The average Bonchev–Trinajstić information content (AvgIpc) is 2.74. The second kappa shape index (κ2) is 14.9. The summed E-state index contributed by atoms with van der Waals surface area (Å²) < 4.78 is 0. The van der Waals surface area contributed by atoms with Gasteiger partial charge in [0.05, 0.1) is 0 Å². The molecule has 1 N–H and O–H groups in total. The van der Waals surface area contributed by atoms with Crippen molar-refractivity contribution >= 4 is 5.78 Å². The van der Waals surface area contributed by atoms with Crippen molar-refractivity contribution < 1.29 is 9.90 Å². The van der Waals surface area contributed by atoms with Crippen molar-refractivity contribution in [1.82, 2.24) is 0 Å². The monoisotopic (exact) mass is 384 g/mol. The van der Waals surface area contributed by atoms with E-state index < -0.39 is 0 Å². The molecule has 0 fully saturated rings. The molecule has 0 aromatic heterocycles. The summed E-state index contributed by atoms with van der Waals surface area (Å²) in [6.45, 7) is 14.4. The topological polar surface area (TPSA) is 37.3 Å². The molecule has 0 saturated carbocycles. The van der Waals surface area contributed by atoms with Crippen LogP contribution in [0.25, 0.3) is 0 Å². The van der Waals surface area contributed by atoms with E-state index in [1.165, 1.54) is 17.5 Å². The summed E-state index contributed by atoms with van der Waals surface area (Å²) in [6.07, 6.45) is 3.34. The Bertz CT molecular complexity index is 631. The zero-order valence-corrected chi connectivity index (χ0v) is 18.9. The summed E-state index contributed by atoms with van der Waals surface area (Å²) in [5, 5.41) is 9.01. The fourth-order valence-electron chi connectivity index (χ4n) is 2.34. The second-order valence-electron chi connectivity index (χ2n) is 7.54. The van der Waals surface area contributed by atoms with Gasteiger partial charge in [0.2, 0.25) is 0 Å². The molecule has 3 unspecified atom stereocenters. The summed E-state index contributed by atoms with van der Waals surface area (Å²) >= 11 is 0. The summed E-state index contributed by atoms with van der Waals surface area (Å²) in [7, 11) is 0. The second-order valence-corrected chi connectivity index (χ2v) is 7.54. The number of rotatable bonds is 6. The molecule has 0 aliphatic rings. The number of ketones is 1. The Labute approximate surface area is 173 Å². The lowest BCUT2D eigenvalue weighted by atomic mass is 9.99. The van der Waals surface area contributed by atoms with Gasteiger partial charge in [0.1, 0.15) is 11.5 Å². The van der Waals surface area contributed by atoms with Crippen molar-refractivity contribution in [3.05, 3.63) is 65.7 Å². The minimum absolute atomic E-state index is 0.264. The lowest BCUT2D eigenvalue weighted by molar-refractivity contribution is -0.120. The van der Waals surface area contributed by atoms with Gasteiger partial charge in [-0.15, -0.1) is 0 Å². The first kappa shape index (κ1) is 25.9. The van der Waals surface area contributed by atoms with Crippen molar-refractivity contribution in [3.63, 3.8) is 0 Å². The van der Waals surface area contributed by atoms with E-state index in [0.717, 1.165) is 12.8 Å². The number of hydrogen-bond acceptors (Lipinski definition) is 2. The van der Waals surface area contributed by atoms with E-state index in [-0.39, 0.29) is 5.92 Å². The van der Waals surface area contributed by atoms with Crippen LogP contribution in [0.3, 0.4) is 0 Å².